The molecule has 0 amide bonds. The summed E-state index contributed by atoms with van der Waals surface area (Å²) in [5.41, 5.74) is 2.84. The van der Waals surface area contributed by atoms with Crippen molar-refractivity contribution in [1.29, 1.82) is 0 Å². The molecule has 1 aromatic heterocycles. The molecule has 0 aliphatic rings. The topological polar surface area (TPSA) is 12.0 Å². The molecule has 0 aliphatic carbocycles. The minimum Gasteiger partial charge on any atom is -0.303 e. The minimum atomic E-state index is 0.400. The summed E-state index contributed by atoms with van der Waals surface area (Å²) in [6, 6.07) is 14.0. The van der Waals surface area contributed by atoms with E-state index in [1.165, 1.54) is 33.7 Å². The van der Waals surface area contributed by atoms with Gasteiger partial charge in [-0.15, -0.1) is 11.3 Å². The van der Waals surface area contributed by atoms with Gasteiger partial charge in [0.05, 0.1) is 0 Å². The highest BCUT2D eigenvalue weighted by molar-refractivity contribution is 7.12. The predicted octanol–water partition coefficient (Wildman–Crippen LogP) is 5.56. The van der Waals surface area contributed by atoms with Gasteiger partial charge >= 0.3 is 0 Å². The average molecular weight is 287 g/mol. The molecule has 2 heteroatoms. The fourth-order valence-corrected chi connectivity index (χ4v) is 3.81. The SMILES string of the molecule is CCCC(NC(C)c1cc(C)sc1C)c1ccccc1. The Labute approximate surface area is 127 Å². The van der Waals surface area contributed by atoms with Crippen LogP contribution in [0.25, 0.3) is 0 Å². The first-order valence-corrected chi connectivity index (χ1v) is 8.31. The Morgan fingerprint density at radius 1 is 1.15 bits per heavy atom. The maximum atomic E-state index is 3.81. The number of rotatable bonds is 6. The maximum absolute atomic E-state index is 3.81. The van der Waals surface area contributed by atoms with Gasteiger partial charge in [0.2, 0.25) is 0 Å². The average Bonchev–Trinajstić information content (AvgIpc) is 2.78. The summed E-state index contributed by atoms with van der Waals surface area (Å²) in [7, 11) is 0. The summed E-state index contributed by atoms with van der Waals surface area (Å²) >= 11 is 1.89. The molecule has 0 saturated heterocycles. The molecular formula is C18H25NS. The van der Waals surface area contributed by atoms with Crippen molar-refractivity contribution in [3.63, 3.8) is 0 Å². The number of benzene rings is 1. The van der Waals surface area contributed by atoms with E-state index >= 15 is 0 Å². The standard InChI is InChI=1S/C18H25NS/c1-5-9-18(16-10-7-6-8-11-16)19-14(3)17-12-13(2)20-15(17)4/h6-8,10-12,14,18-19H,5,9H2,1-4H3. The van der Waals surface area contributed by atoms with Crippen molar-refractivity contribution < 1.29 is 0 Å². The van der Waals surface area contributed by atoms with Crippen molar-refractivity contribution >= 4 is 11.3 Å². The Kier molecular flexibility index (Phi) is 5.38. The van der Waals surface area contributed by atoms with Crippen molar-refractivity contribution in [1.82, 2.24) is 5.32 Å². The molecular weight excluding hydrogens is 262 g/mol. The van der Waals surface area contributed by atoms with Crippen LogP contribution in [-0.2, 0) is 0 Å². The second-order valence-corrected chi connectivity index (χ2v) is 6.97. The Balaban J connectivity index is 2.14. The van der Waals surface area contributed by atoms with Crippen LogP contribution in [0.4, 0.5) is 0 Å². The lowest BCUT2D eigenvalue weighted by Crippen LogP contribution is -2.24. The third-order valence-corrected chi connectivity index (χ3v) is 4.76. The molecule has 20 heavy (non-hydrogen) atoms. The Morgan fingerprint density at radius 2 is 1.85 bits per heavy atom. The first-order chi connectivity index (χ1) is 9.61. The van der Waals surface area contributed by atoms with Gasteiger partial charge in [-0.05, 0) is 44.4 Å². The van der Waals surface area contributed by atoms with E-state index in [2.05, 4.69) is 69.4 Å². The van der Waals surface area contributed by atoms with Gasteiger partial charge in [-0.1, -0.05) is 43.7 Å². The number of nitrogens with one attached hydrogen (secondary N) is 1. The Hall–Kier alpha value is -1.12. The van der Waals surface area contributed by atoms with Gasteiger partial charge in [-0.25, -0.2) is 0 Å². The number of hydrogen-bond acceptors (Lipinski definition) is 2. The van der Waals surface area contributed by atoms with Gasteiger partial charge in [0.1, 0.15) is 0 Å². The van der Waals surface area contributed by atoms with Crippen molar-refractivity contribution in [3.8, 4) is 0 Å². The van der Waals surface area contributed by atoms with E-state index in [9.17, 15) is 0 Å². The van der Waals surface area contributed by atoms with Gasteiger partial charge in [0, 0.05) is 21.8 Å². The van der Waals surface area contributed by atoms with Crippen LogP contribution in [-0.4, -0.2) is 0 Å². The number of aryl methyl sites for hydroxylation is 2. The highest BCUT2D eigenvalue weighted by Crippen LogP contribution is 2.29. The van der Waals surface area contributed by atoms with Crippen LogP contribution < -0.4 is 5.32 Å². The monoisotopic (exact) mass is 287 g/mol. The molecule has 0 fully saturated rings. The second-order valence-electron chi connectivity index (χ2n) is 5.51. The van der Waals surface area contributed by atoms with Crippen molar-refractivity contribution in [2.45, 2.75) is 52.6 Å². The molecule has 0 radical (unpaired) electrons. The summed E-state index contributed by atoms with van der Waals surface area (Å²) < 4.78 is 0. The molecule has 2 unspecified atom stereocenters. The molecule has 2 aromatic rings. The zero-order chi connectivity index (χ0) is 14.5. The highest BCUT2D eigenvalue weighted by atomic mass is 32.1. The molecule has 1 heterocycles. The van der Waals surface area contributed by atoms with Crippen LogP contribution in [0.5, 0.6) is 0 Å². The minimum absolute atomic E-state index is 0.400. The van der Waals surface area contributed by atoms with E-state index in [4.69, 9.17) is 0 Å². The summed E-state index contributed by atoms with van der Waals surface area (Å²) in [5, 5.41) is 3.81. The lowest BCUT2D eigenvalue weighted by atomic mass is 10.00. The zero-order valence-corrected chi connectivity index (χ0v) is 13.8. The molecule has 108 valence electrons. The van der Waals surface area contributed by atoms with Crippen LogP contribution in [0.2, 0.25) is 0 Å². The molecule has 2 atom stereocenters. The molecule has 1 aromatic carbocycles. The summed E-state index contributed by atoms with van der Waals surface area (Å²) in [6.07, 6.45) is 2.37. The van der Waals surface area contributed by atoms with Crippen LogP contribution in [0, 0.1) is 13.8 Å². The van der Waals surface area contributed by atoms with E-state index < -0.39 is 0 Å². The van der Waals surface area contributed by atoms with E-state index in [0.29, 0.717) is 12.1 Å². The third kappa shape index (κ3) is 3.71. The first kappa shape index (κ1) is 15.3. The smallest absolute Gasteiger partial charge is 0.0325 e. The van der Waals surface area contributed by atoms with Gasteiger partial charge in [0.25, 0.3) is 0 Å². The highest BCUT2D eigenvalue weighted by Gasteiger charge is 2.17. The lowest BCUT2D eigenvalue weighted by molar-refractivity contribution is 0.439. The van der Waals surface area contributed by atoms with Gasteiger partial charge in [0.15, 0.2) is 0 Å². The summed E-state index contributed by atoms with van der Waals surface area (Å²) in [5.74, 6) is 0. The molecule has 0 aliphatic heterocycles. The lowest BCUT2D eigenvalue weighted by Gasteiger charge is -2.24. The van der Waals surface area contributed by atoms with Crippen LogP contribution in [0.3, 0.4) is 0 Å². The third-order valence-electron chi connectivity index (χ3n) is 3.78. The van der Waals surface area contributed by atoms with E-state index in [0.717, 1.165) is 0 Å². The fourth-order valence-electron chi connectivity index (χ4n) is 2.79. The Bertz CT molecular complexity index is 530. The number of hydrogen-bond donors (Lipinski definition) is 1. The second kappa shape index (κ2) is 7.05. The van der Waals surface area contributed by atoms with Crippen molar-refractivity contribution in [2.75, 3.05) is 0 Å². The zero-order valence-electron chi connectivity index (χ0n) is 12.9. The normalized spacial score (nSPS) is 14.2. The maximum Gasteiger partial charge on any atom is 0.0325 e. The van der Waals surface area contributed by atoms with Crippen molar-refractivity contribution in [3.05, 3.63) is 57.3 Å². The molecule has 1 N–H and O–H groups in total. The molecule has 0 bridgehead atoms. The molecule has 1 nitrogen and oxygen atoms in total. The van der Waals surface area contributed by atoms with Gasteiger partial charge < -0.3 is 5.32 Å². The largest absolute Gasteiger partial charge is 0.303 e. The van der Waals surface area contributed by atoms with Gasteiger partial charge in [-0.3, -0.25) is 0 Å². The molecule has 0 saturated carbocycles. The molecule has 0 spiro atoms. The van der Waals surface area contributed by atoms with E-state index in [-0.39, 0.29) is 0 Å². The van der Waals surface area contributed by atoms with Crippen LogP contribution >= 0.6 is 11.3 Å². The predicted molar refractivity (Wildman–Crippen MR) is 89.4 cm³/mol. The van der Waals surface area contributed by atoms with Crippen molar-refractivity contribution in [2.24, 2.45) is 0 Å². The van der Waals surface area contributed by atoms with E-state index in [1.807, 2.05) is 11.3 Å². The van der Waals surface area contributed by atoms with Crippen LogP contribution in [0.15, 0.2) is 36.4 Å². The number of thiophene rings is 1. The molecule has 2 rings (SSSR count). The first-order valence-electron chi connectivity index (χ1n) is 7.49. The Morgan fingerprint density at radius 3 is 2.40 bits per heavy atom. The quantitative estimate of drug-likeness (QED) is 0.733. The van der Waals surface area contributed by atoms with E-state index in [1.54, 1.807) is 0 Å². The van der Waals surface area contributed by atoms with Crippen LogP contribution in [0.1, 0.15) is 59.7 Å². The van der Waals surface area contributed by atoms with Gasteiger partial charge in [-0.2, -0.15) is 0 Å². The fraction of sp³-hybridized carbons (Fsp3) is 0.444. The summed E-state index contributed by atoms with van der Waals surface area (Å²) in [4.78, 5) is 2.84. The summed E-state index contributed by atoms with van der Waals surface area (Å²) in [6.45, 7) is 8.94.